The van der Waals surface area contributed by atoms with Crippen molar-refractivity contribution in [3.63, 3.8) is 0 Å². The van der Waals surface area contributed by atoms with E-state index in [0.717, 1.165) is 0 Å². The molecule has 7 heteroatoms. The van der Waals surface area contributed by atoms with Crippen molar-refractivity contribution in [1.82, 2.24) is 0 Å². The summed E-state index contributed by atoms with van der Waals surface area (Å²) in [5, 5.41) is 10.2. The fraction of sp³-hybridized carbons (Fsp3) is 0.150. The first-order chi connectivity index (χ1) is 12.8. The molecule has 0 aliphatic rings. The second-order valence-corrected chi connectivity index (χ2v) is 8.29. The predicted octanol–water partition coefficient (Wildman–Crippen LogP) is 4.19. The van der Waals surface area contributed by atoms with Crippen LogP contribution in [-0.2, 0) is 21.1 Å². The molecular weight excluding hydrogens is 371 g/mol. The summed E-state index contributed by atoms with van der Waals surface area (Å²) in [6.45, 7) is 1.56. The minimum absolute atomic E-state index is 0.00560. The summed E-state index contributed by atoms with van der Waals surface area (Å²) >= 11 is 0. The SMILES string of the molecule is CCS(=O)(=O)c1ccc(Oc2cc(CC(=O)O)cc3ccc(F)cc23)cc1. The molecule has 0 spiro atoms. The Morgan fingerprint density at radius 3 is 2.41 bits per heavy atom. The van der Waals surface area contributed by atoms with E-state index >= 15 is 0 Å². The second kappa shape index (κ2) is 7.36. The fourth-order valence-corrected chi connectivity index (χ4v) is 3.61. The molecule has 0 fully saturated rings. The molecule has 3 rings (SSSR count). The van der Waals surface area contributed by atoms with Gasteiger partial charge in [0.25, 0.3) is 0 Å². The average Bonchev–Trinajstić information content (AvgIpc) is 2.62. The van der Waals surface area contributed by atoms with Gasteiger partial charge < -0.3 is 9.84 Å². The Morgan fingerprint density at radius 2 is 1.78 bits per heavy atom. The monoisotopic (exact) mass is 388 g/mol. The number of carboxylic acids is 1. The number of sulfone groups is 1. The maximum atomic E-state index is 13.7. The molecule has 0 radical (unpaired) electrons. The first-order valence-electron chi connectivity index (χ1n) is 8.23. The van der Waals surface area contributed by atoms with Crippen molar-refractivity contribution >= 4 is 26.6 Å². The largest absolute Gasteiger partial charge is 0.481 e. The molecular formula is C20H17FO5S. The molecule has 140 valence electrons. The van der Waals surface area contributed by atoms with E-state index in [1.54, 1.807) is 25.1 Å². The number of rotatable bonds is 6. The van der Waals surface area contributed by atoms with Crippen LogP contribution >= 0.6 is 0 Å². The van der Waals surface area contributed by atoms with Gasteiger partial charge in [-0.05, 0) is 53.4 Å². The second-order valence-electron chi connectivity index (χ2n) is 6.01. The van der Waals surface area contributed by atoms with Gasteiger partial charge in [0.15, 0.2) is 9.84 Å². The molecule has 0 unspecified atom stereocenters. The fourth-order valence-electron chi connectivity index (χ4n) is 2.73. The Hall–Kier alpha value is -2.93. The number of carboxylic acid groups (broad SMARTS) is 1. The summed E-state index contributed by atoms with van der Waals surface area (Å²) in [7, 11) is -3.32. The molecule has 27 heavy (non-hydrogen) atoms. The Labute approximate surface area is 155 Å². The number of carbonyl (C=O) groups is 1. The highest BCUT2D eigenvalue weighted by atomic mass is 32.2. The maximum absolute atomic E-state index is 13.7. The van der Waals surface area contributed by atoms with Crippen LogP contribution in [0.5, 0.6) is 11.5 Å². The summed E-state index contributed by atoms with van der Waals surface area (Å²) in [6.07, 6.45) is -0.197. The summed E-state index contributed by atoms with van der Waals surface area (Å²) in [4.78, 5) is 11.2. The van der Waals surface area contributed by atoms with Gasteiger partial charge in [-0.3, -0.25) is 4.79 Å². The van der Waals surface area contributed by atoms with Crippen molar-refractivity contribution in [1.29, 1.82) is 0 Å². The van der Waals surface area contributed by atoms with Crippen molar-refractivity contribution in [2.45, 2.75) is 18.2 Å². The van der Waals surface area contributed by atoms with Gasteiger partial charge in [-0.2, -0.15) is 0 Å². The third-order valence-electron chi connectivity index (χ3n) is 4.08. The van der Waals surface area contributed by atoms with Gasteiger partial charge in [0.1, 0.15) is 17.3 Å². The summed E-state index contributed by atoms with van der Waals surface area (Å²) < 4.78 is 43.3. The smallest absolute Gasteiger partial charge is 0.307 e. The van der Waals surface area contributed by atoms with Gasteiger partial charge in [-0.1, -0.05) is 19.1 Å². The molecule has 0 aliphatic heterocycles. The van der Waals surface area contributed by atoms with Gasteiger partial charge in [0.2, 0.25) is 0 Å². The first-order valence-corrected chi connectivity index (χ1v) is 9.88. The Balaban J connectivity index is 2.02. The minimum Gasteiger partial charge on any atom is -0.481 e. The lowest BCUT2D eigenvalue weighted by atomic mass is 10.0. The van der Waals surface area contributed by atoms with E-state index in [-0.39, 0.29) is 17.1 Å². The standard InChI is InChI=1S/C20H17FO5S/c1-2-27(24,25)17-7-5-16(6-8-17)26-19-10-13(11-20(22)23)9-14-3-4-15(21)12-18(14)19/h3-10,12H,2,11H2,1H3,(H,22,23). The van der Waals surface area contributed by atoms with Gasteiger partial charge in [0.05, 0.1) is 17.1 Å². The average molecular weight is 388 g/mol. The van der Waals surface area contributed by atoms with Gasteiger partial charge in [-0.15, -0.1) is 0 Å². The van der Waals surface area contributed by atoms with Crippen LogP contribution in [0.15, 0.2) is 59.5 Å². The van der Waals surface area contributed by atoms with Crippen LogP contribution in [0.25, 0.3) is 10.8 Å². The van der Waals surface area contributed by atoms with E-state index in [1.807, 2.05) is 0 Å². The number of hydrogen-bond donors (Lipinski definition) is 1. The first kappa shape index (κ1) is 18.8. The summed E-state index contributed by atoms with van der Waals surface area (Å²) in [5.41, 5.74) is 0.516. The third kappa shape index (κ3) is 4.25. The molecule has 0 atom stereocenters. The zero-order valence-corrected chi connectivity index (χ0v) is 15.3. The van der Waals surface area contributed by atoms with Gasteiger partial charge in [0, 0.05) is 5.39 Å². The van der Waals surface area contributed by atoms with Crippen LogP contribution in [0.1, 0.15) is 12.5 Å². The summed E-state index contributed by atoms with van der Waals surface area (Å²) in [6, 6.07) is 13.3. The molecule has 0 aromatic heterocycles. The molecule has 0 saturated heterocycles. The quantitative estimate of drug-likeness (QED) is 0.685. The van der Waals surface area contributed by atoms with E-state index < -0.39 is 21.6 Å². The van der Waals surface area contributed by atoms with Crippen LogP contribution in [0.4, 0.5) is 4.39 Å². The van der Waals surface area contributed by atoms with Crippen molar-refractivity contribution in [3.05, 3.63) is 66.0 Å². The van der Waals surface area contributed by atoms with Gasteiger partial charge in [-0.25, -0.2) is 12.8 Å². The van der Waals surface area contributed by atoms with E-state index in [2.05, 4.69) is 0 Å². The lowest BCUT2D eigenvalue weighted by Gasteiger charge is -2.12. The topological polar surface area (TPSA) is 80.7 Å². The van der Waals surface area contributed by atoms with E-state index in [0.29, 0.717) is 27.8 Å². The highest BCUT2D eigenvalue weighted by molar-refractivity contribution is 7.91. The van der Waals surface area contributed by atoms with Crippen molar-refractivity contribution < 1.29 is 27.4 Å². The van der Waals surface area contributed by atoms with E-state index in [9.17, 15) is 17.6 Å². The normalized spacial score (nSPS) is 11.5. The molecule has 0 aliphatic carbocycles. The summed E-state index contributed by atoms with van der Waals surface area (Å²) in [5.74, 6) is -0.773. The van der Waals surface area contributed by atoms with Crippen LogP contribution in [-0.4, -0.2) is 25.2 Å². The zero-order valence-electron chi connectivity index (χ0n) is 14.5. The Bertz CT molecular complexity index is 1110. The zero-order chi connectivity index (χ0) is 19.6. The van der Waals surface area contributed by atoms with Crippen LogP contribution in [0.2, 0.25) is 0 Å². The number of fused-ring (bicyclic) bond motifs is 1. The highest BCUT2D eigenvalue weighted by Crippen LogP contribution is 2.33. The number of hydrogen-bond acceptors (Lipinski definition) is 4. The molecule has 1 N–H and O–H groups in total. The number of halogens is 1. The van der Waals surface area contributed by atoms with Gasteiger partial charge >= 0.3 is 5.97 Å². The number of aliphatic carboxylic acids is 1. The molecule has 0 amide bonds. The number of benzene rings is 3. The molecule has 3 aromatic carbocycles. The molecule has 3 aromatic rings. The Kier molecular flexibility index (Phi) is 5.14. The van der Waals surface area contributed by atoms with Crippen molar-refractivity contribution in [2.75, 3.05) is 5.75 Å². The molecule has 5 nitrogen and oxygen atoms in total. The molecule has 0 bridgehead atoms. The van der Waals surface area contributed by atoms with Crippen LogP contribution < -0.4 is 4.74 Å². The van der Waals surface area contributed by atoms with Crippen LogP contribution in [0.3, 0.4) is 0 Å². The highest BCUT2D eigenvalue weighted by Gasteiger charge is 2.13. The molecule has 0 saturated carbocycles. The Morgan fingerprint density at radius 1 is 1.07 bits per heavy atom. The van der Waals surface area contributed by atoms with Crippen molar-refractivity contribution in [3.8, 4) is 11.5 Å². The molecule has 0 heterocycles. The van der Waals surface area contributed by atoms with Crippen molar-refractivity contribution in [2.24, 2.45) is 0 Å². The minimum atomic E-state index is -3.32. The lowest BCUT2D eigenvalue weighted by molar-refractivity contribution is -0.136. The maximum Gasteiger partial charge on any atom is 0.307 e. The predicted molar refractivity (Wildman–Crippen MR) is 99.5 cm³/mol. The number of ether oxygens (including phenoxy) is 1. The van der Waals surface area contributed by atoms with E-state index in [4.69, 9.17) is 9.84 Å². The van der Waals surface area contributed by atoms with E-state index in [1.165, 1.54) is 36.4 Å². The lowest BCUT2D eigenvalue weighted by Crippen LogP contribution is -2.03. The third-order valence-corrected chi connectivity index (χ3v) is 5.83. The van der Waals surface area contributed by atoms with Crippen LogP contribution in [0, 0.1) is 5.82 Å².